The van der Waals surface area contributed by atoms with E-state index in [1.807, 2.05) is 30.3 Å². The number of anilines is 3. The van der Waals surface area contributed by atoms with Crippen molar-refractivity contribution in [3.8, 4) is 0 Å². The Kier molecular flexibility index (Phi) is 5.20. The van der Waals surface area contributed by atoms with Crippen LogP contribution in [0.25, 0.3) is 10.9 Å². The highest BCUT2D eigenvalue weighted by molar-refractivity contribution is 7.03. The summed E-state index contributed by atoms with van der Waals surface area (Å²) < 4.78 is 4.23. The zero-order valence-corrected chi connectivity index (χ0v) is 15.9. The van der Waals surface area contributed by atoms with E-state index in [2.05, 4.69) is 50.8 Å². The van der Waals surface area contributed by atoms with Gasteiger partial charge >= 0.3 is 0 Å². The summed E-state index contributed by atoms with van der Waals surface area (Å²) in [4.78, 5) is 16.0. The lowest BCUT2D eigenvalue weighted by Gasteiger charge is -2.22. The third-order valence-electron chi connectivity index (χ3n) is 4.36. The third-order valence-corrected chi connectivity index (χ3v) is 4.84. The summed E-state index contributed by atoms with van der Waals surface area (Å²) in [6.45, 7) is 3.81. The molecule has 2 heterocycles. The van der Waals surface area contributed by atoms with Crippen LogP contribution >= 0.6 is 11.5 Å². The van der Waals surface area contributed by atoms with Gasteiger partial charge in [-0.2, -0.15) is 9.36 Å². The number of likely N-dealkylation sites (N-methyl/N-ethyl adjacent to an activating group) is 1. The fourth-order valence-electron chi connectivity index (χ4n) is 2.94. The Morgan fingerprint density at radius 1 is 1.00 bits per heavy atom. The van der Waals surface area contributed by atoms with Crippen LogP contribution in [-0.2, 0) is 6.42 Å². The summed E-state index contributed by atoms with van der Waals surface area (Å²) in [7, 11) is 0. The van der Waals surface area contributed by atoms with Gasteiger partial charge in [0.1, 0.15) is 11.3 Å². The Labute approximate surface area is 162 Å². The van der Waals surface area contributed by atoms with E-state index in [-0.39, 0.29) is 0 Å². The van der Waals surface area contributed by atoms with Crippen LogP contribution in [0.3, 0.4) is 0 Å². The molecule has 6 nitrogen and oxygen atoms in total. The van der Waals surface area contributed by atoms with Crippen LogP contribution in [0.2, 0.25) is 0 Å². The van der Waals surface area contributed by atoms with Gasteiger partial charge in [-0.15, -0.1) is 0 Å². The quantitative estimate of drug-likeness (QED) is 0.519. The van der Waals surface area contributed by atoms with Crippen LogP contribution in [-0.4, -0.2) is 32.4 Å². The number of nitrogens with one attached hydrogen (secondary N) is 1. The summed E-state index contributed by atoms with van der Waals surface area (Å²) in [5, 5.41) is 4.18. The zero-order chi connectivity index (χ0) is 18.5. The molecule has 0 saturated carbocycles. The SMILES string of the molecule is CCN(CCc1ccccc1)c1nc(Nc2ncsn2)c2ccccc2n1. The normalized spacial score (nSPS) is 10.9. The average Bonchev–Trinajstić information content (AvgIpc) is 3.22. The molecule has 0 fully saturated rings. The maximum absolute atomic E-state index is 4.79. The summed E-state index contributed by atoms with van der Waals surface area (Å²) in [6, 6.07) is 18.5. The Balaban J connectivity index is 1.65. The molecule has 0 aliphatic heterocycles. The highest BCUT2D eigenvalue weighted by Crippen LogP contribution is 2.25. The number of fused-ring (bicyclic) bond motifs is 1. The largest absolute Gasteiger partial charge is 0.341 e. The molecule has 0 bridgehead atoms. The summed E-state index contributed by atoms with van der Waals surface area (Å²) >= 11 is 1.31. The summed E-state index contributed by atoms with van der Waals surface area (Å²) in [5.41, 5.74) is 3.91. The van der Waals surface area contributed by atoms with E-state index < -0.39 is 0 Å². The van der Waals surface area contributed by atoms with E-state index in [4.69, 9.17) is 9.97 Å². The minimum Gasteiger partial charge on any atom is -0.341 e. The molecule has 0 unspecified atom stereocenters. The highest BCUT2D eigenvalue weighted by atomic mass is 32.1. The molecule has 0 aliphatic carbocycles. The Hall–Kier alpha value is -3.06. The van der Waals surface area contributed by atoms with Crippen LogP contribution in [0.5, 0.6) is 0 Å². The second-order valence-electron chi connectivity index (χ2n) is 6.08. The van der Waals surface area contributed by atoms with Gasteiger partial charge in [0.05, 0.1) is 5.52 Å². The van der Waals surface area contributed by atoms with Crippen LogP contribution < -0.4 is 10.2 Å². The fourth-order valence-corrected chi connectivity index (χ4v) is 3.33. The first-order chi connectivity index (χ1) is 13.3. The van der Waals surface area contributed by atoms with Gasteiger partial charge in [0.2, 0.25) is 11.9 Å². The smallest absolute Gasteiger partial charge is 0.240 e. The minimum atomic E-state index is 0.558. The van der Waals surface area contributed by atoms with E-state index in [9.17, 15) is 0 Å². The molecule has 0 radical (unpaired) electrons. The molecule has 136 valence electrons. The van der Waals surface area contributed by atoms with Crippen molar-refractivity contribution in [2.24, 2.45) is 0 Å². The molecule has 4 rings (SSSR count). The van der Waals surface area contributed by atoms with Gasteiger partial charge in [0.15, 0.2) is 0 Å². The number of rotatable bonds is 7. The highest BCUT2D eigenvalue weighted by Gasteiger charge is 2.14. The molecular weight excluding hydrogens is 356 g/mol. The molecule has 1 N–H and O–H groups in total. The monoisotopic (exact) mass is 376 g/mol. The van der Waals surface area contributed by atoms with E-state index in [0.717, 1.165) is 36.2 Å². The van der Waals surface area contributed by atoms with Gasteiger partial charge in [-0.1, -0.05) is 42.5 Å². The molecule has 0 amide bonds. The Morgan fingerprint density at radius 3 is 2.59 bits per heavy atom. The molecule has 2 aromatic heterocycles. The average molecular weight is 376 g/mol. The number of nitrogens with zero attached hydrogens (tertiary/aromatic N) is 5. The third kappa shape index (κ3) is 4.03. The maximum Gasteiger partial charge on any atom is 0.240 e. The number of benzene rings is 2. The van der Waals surface area contributed by atoms with Crippen molar-refractivity contribution in [2.45, 2.75) is 13.3 Å². The van der Waals surface area contributed by atoms with Crippen molar-refractivity contribution in [3.63, 3.8) is 0 Å². The second kappa shape index (κ2) is 8.09. The molecule has 0 aliphatic rings. The predicted octanol–water partition coefficient (Wildman–Crippen LogP) is 4.29. The number of aromatic nitrogens is 4. The first-order valence-electron chi connectivity index (χ1n) is 8.92. The molecule has 0 atom stereocenters. The second-order valence-corrected chi connectivity index (χ2v) is 6.69. The topological polar surface area (TPSA) is 66.8 Å². The van der Waals surface area contributed by atoms with Crippen LogP contribution in [0, 0.1) is 0 Å². The van der Waals surface area contributed by atoms with Gasteiger partial charge in [0.25, 0.3) is 0 Å². The van der Waals surface area contributed by atoms with Crippen LogP contribution in [0.1, 0.15) is 12.5 Å². The Morgan fingerprint density at radius 2 is 1.81 bits per heavy atom. The van der Waals surface area contributed by atoms with Gasteiger partial charge in [-0.3, -0.25) is 0 Å². The molecule has 2 aromatic carbocycles. The van der Waals surface area contributed by atoms with Crippen molar-refractivity contribution in [3.05, 3.63) is 65.7 Å². The molecular formula is C20H20N6S. The van der Waals surface area contributed by atoms with Gasteiger partial charge < -0.3 is 10.2 Å². The van der Waals surface area contributed by atoms with E-state index in [1.165, 1.54) is 17.1 Å². The van der Waals surface area contributed by atoms with Crippen molar-refractivity contribution < 1.29 is 0 Å². The number of para-hydroxylation sites is 1. The van der Waals surface area contributed by atoms with Gasteiger partial charge in [-0.25, -0.2) is 9.97 Å². The van der Waals surface area contributed by atoms with Gasteiger partial charge in [-0.05, 0) is 42.6 Å². The van der Waals surface area contributed by atoms with Crippen molar-refractivity contribution in [1.29, 1.82) is 0 Å². The lowest BCUT2D eigenvalue weighted by atomic mass is 10.1. The first-order valence-corrected chi connectivity index (χ1v) is 9.76. The van der Waals surface area contributed by atoms with E-state index in [1.54, 1.807) is 5.51 Å². The minimum absolute atomic E-state index is 0.558. The Bertz CT molecular complexity index is 1000. The fraction of sp³-hybridized carbons (Fsp3) is 0.200. The number of hydrogen-bond acceptors (Lipinski definition) is 7. The van der Waals surface area contributed by atoms with Crippen molar-refractivity contribution in [2.75, 3.05) is 23.3 Å². The van der Waals surface area contributed by atoms with E-state index >= 15 is 0 Å². The van der Waals surface area contributed by atoms with Crippen molar-refractivity contribution in [1.82, 2.24) is 19.3 Å². The lowest BCUT2D eigenvalue weighted by molar-refractivity contribution is 0.780. The van der Waals surface area contributed by atoms with Crippen LogP contribution in [0.15, 0.2) is 60.1 Å². The molecule has 27 heavy (non-hydrogen) atoms. The molecule has 4 aromatic rings. The standard InChI is InChI=1S/C20H20N6S/c1-2-26(13-12-15-8-4-3-5-9-15)20-22-17-11-7-6-10-16(17)18(24-20)23-19-21-14-27-25-19/h3-11,14H,2,12-13H2,1H3,(H,22,23,24,25). The molecule has 7 heteroatoms. The molecule has 0 saturated heterocycles. The maximum atomic E-state index is 4.79. The van der Waals surface area contributed by atoms with Crippen molar-refractivity contribution >= 4 is 40.1 Å². The van der Waals surface area contributed by atoms with Crippen LogP contribution in [0.4, 0.5) is 17.7 Å². The summed E-state index contributed by atoms with van der Waals surface area (Å²) in [6.07, 6.45) is 0.946. The van der Waals surface area contributed by atoms with E-state index in [0.29, 0.717) is 11.9 Å². The summed E-state index contributed by atoms with van der Waals surface area (Å²) in [5.74, 6) is 2.00. The number of hydrogen-bond donors (Lipinski definition) is 1. The molecule has 0 spiro atoms. The first kappa shape index (κ1) is 17.4. The van der Waals surface area contributed by atoms with Gasteiger partial charge in [0, 0.05) is 18.5 Å². The predicted molar refractivity (Wildman–Crippen MR) is 111 cm³/mol. The lowest BCUT2D eigenvalue weighted by Crippen LogP contribution is -2.27. The zero-order valence-electron chi connectivity index (χ0n) is 15.0.